The summed E-state index contributed by atoms with van der Waals surface area (Å²) in [6.07, 6.45) is 1.36. The number of ether oxygens (including phenoxy) is 2. The topological polar surface area (TPSA) is 233 Å². The molecule has 0 bridgehead atoms. The molecule has 0 aliphatic carbocycles. The number of aromatic nitrogens is 1. The minimum Gasteiger partial charge on any atom is -0.493 e. The number of hydrogen-bond acceptors (Lipinski definition) is 9. The zero-order valence-electron chi connectivity index (χ0n) is 22.5. The van der Waals surface area contributed by atoms with Crippen LogP contribution in [0.5, 0.6) is 17.2 Å². The van der Waals surface area contributed by atoms with Gasteiger partial charge in [-0.3, -0.25) is 14.6 Å². The van der Waals surface area contributed by atoms with Crippen LogP contribution in [0.4, 0.5) is 10.1 Å². The lowest BCUT2D eigenvalue weighted by Crippen LogP contribution is -2.42. The Morgan fingerprint density at radius 2 is 1.71 bits per heavy atom. The second-order valence-corrected chi connectivity index (χ2v) is 8.87. The number of carboxylic acid groups (broad SMARTS) is 3. The van der Waals surface area contributed by atoms with Crippen molar-refractivity contribution in [3.05, 3.63) is 54.5 Å². The second-order valence-electron chi connectivity index (χ2n) is 8.87. The average molecular weight is 580 g/mol. The maximum atomic E-state index is 13.2. The van der Waals surface area contributed by atoms with Gasteiger partial charge < -0.3 is 46.4 Å². The molecule has 0 saturated carbocycles. The molecular weight excluding hydrogens is 545 g/mol. The van der Waals surface area contributed by atoms with Gasteiger partial charge in [0.15, 0.2) is 17.1 Å². The fourth-order valence-corrected chi connectivity index (χ4v) is 3.66. The summed E-state index contributed by atoms with van der Waals surface area (Å²) >= 11 is 0. The number of nitrogens with zero attached hydrogens (tertiary/aromatic N) is 1. The molecule has 224 valence electrons. The van der Waals surface area contributed by atoms with Crippen LogP contribution in [0.2, 0.25) is 0 Å². The summed E-state index contributed by atoms with van der Waals surface area (Å²) in [7, 11) is 1.59. The quantitative estimate of drug-likeness (QED) is 0.171. The molecule has 0 radical (unpaired) electrons. The van der Waals surface area contributed by atoms with Gasteiger partial charge >= 0.3 is 17.9 Å². The summed E-state index contributed by atoms with van der Waals surface area (Å²) in [5.41, 5.74) is 4.53. The van der Waals surface area contributed by atoms with E-state index in [1.807, 2.05) is 18.2 Å². The molecule has 0 aliphatic heterocycles. The van der Waals surface area contributed by atoms with Crippen LogP contribution >= 0.6 is 0 Å². The normalized spacial score (nSPS) is 11.3. The van der Waals surface area contributed by atoms with Crippen LogP contribution in [0.3, 0.4) is 0 Å². The van der Waals surface area contributed by atoms with E-state index >= 15 is 0 Å². The zero-order chi connectivity index (χ0) is 29.9. The highest BCUT2D eigenvalue weighted by Crippen LogP contribution is 2.42. The number of fused-ring (bicyclic) bond motifs is 1. The average Bonchev–Trinajstić information content (AvgIpc) is 2.89. The Morgan fingerprint density at radius 3 is 2.22 bits per heavy atom. The summed E-state index contributed by atoms with van der Waals surface area (Å²) in [6, 6.07) is 11.8. The lowest BCUT2D eigenvalue weighted by molar-refractivity contribution is -0.170. The number of hydrogen-bond donors (Lipinski definition) is 6. The van der Waals surface area contributed by atoms with Crippen LogP contribution in [0.1, 0.15) is 32.6 Å². The van der Waals surface area contributed by atoms with Gasteiger partial charge in [-0.2, -0.15) is 0 Å². The zero-order valence-corrected chi connectivity index (χ0v) is 22.5. The molecule has 2 aromatic carbocycles. The van der Waals surface area contributed by atoms with Crippen molar-refractivity contribution in [2.24, 2.45) is 5.73 Å². The van der Waals surface area contributed by atoms with Gasteiger partial charge in [0.2, 0.25) is 0 Å². The Morgan fingerprint density at radius 1 is 1.10 bits per heavy atom. The summed E-state index contributed by atoms with van der Waals surface area (Å²) < 4.78 is 24.8. The molecule has 14 heteroatoms. The number of pyridine rings is 1. The number of benzene rings is 2. The lowest BCUT2D eigenvalue weighted by Gasteiger charge is -2.19. The van der Waals surface area contributed by atoms with E-state index in [4.69, 9.17) is 35.6 Å². The Balaban J connectivity index is 0.000000512. The monoisotopic (exact) mass is 579 g/mol. The van der Waals surface area contributed by atoms with Gasteiger partial charge in [-0.1, -0.05) is 0 Å². The molecule has 3 aromatic rings. The summed E-state index contributed by atoms with van der Waals surface area (Å²) in [5, 5.41) is 38.1. The van der Waals surface area contributed by atoms with Crippen molar-refractivity contribution in [3.8, 4) is 17.2 Å². The third-order valence-electron chi connectivity index (χ3n) is 5.59. The van der Waals surface area contributed by atoms with E-state index < -0.39 is 36.4 Å². The van der Waals surface area contributed by atoms with Gasteiger partial charge in [-0.25, -0.2) is 9.18 Å². The van der Waals surface area contributed by atoms with Gasteiger partial charge in [-0.05, 0) is 62.7 Å². The molecule has 1 unspecified atom stereocenters. The number of carbonyl (C=O) groups is 3. The maximum Gasteiger partial charge on any atom is 0.336 e. The van der Waals surface area contributed by atoms with Crippen molar-refractivity contribution in [2.45, 2.75) is 44.2 Å². The molecule has 0 amide bonds. The molecule has 0 saturated heterocycles. The number of aliphatic carboxylic acids is 3. The molecule has 0 aliphatic rings. The van der Waals surface area contributed by atoms with Crippen molar-refractivity contribution in [2.75, 3.05) is 19.0 Å². The molecule has 0 fully saturated rings. The molecule has 0 spiro atoms. The van der Waals surface area contributed by atoms with E-state index in [1.165, 1.54) is 12.1 Å². The third kappa shape index (κ3) is 10.2. The minimum atomic E-state index is -2.74. The highest BCUT2D eigenvalue weighted by Gasteiger charge is 2.40. The first-order valence-corrected chi connectivity index (χ1v) is 12.1. The standard InChI is InChI=1S/C21H24FN3O2.C6H8O7.H2O/c1-14(5-3-11-23)25-18-13-19(26-2)21(17-6-4-12-24-20(17)18)27-16-9-7-15(22)8-10-16;7-3(8)1-6(13,5(11)12)2-4(9)10;/h4,6-10,12-14,25H,3,5,11,23H2,1-2H3;13H,1-2H2,(H,7,8)(H,9,10)(H,11,12);1H2. The van der Waals surface area contributed by atoms with E-state index in [-0.39, 0.29) is 17.3 Å². The van der Waals surface area contributed by atoms with E-state index in [2.05, 4.69) is 17.2 Å². The molecule has 1 aromatic heterocycles. The molecule has 1 atom stereocenters. The molecular formula is C27H34FN3O10. The number of nitrogens with two attached hydrogens (primary N) is 1. The van der Waals surface area contributed by atoms with E-state index in [1.54, 1.807) is 25.4 Å². The number of methoxy groups -OCH3 is 1. The highest BCUT2D eigenvalue weighted by molar-refractivity contribution is 5.97. The fourth-order valence-electron chi connectivity index (χ4n) is 3.66. The Labute approximate surface area is 234 Å². The Kier molecular flexibility index (Phi) is 13.4. The summed E-state index contributed by atoms with van der Waals surface area (Å²) in [4.78, 5) is 35.0. The van der Waals surface area contributed by atoms with Gasteiger partial charge in [0.05, 0.1) is 31.2 Å². The molecule has 13 nitrogen and oxygen atoms in total. The SMILES string of the molecule is COc1cc(NC(C)CCCN)c2ncccc2c1Oc1ccc(F)cc1.O.O=C(O)CC(O)(CC(=O)O)C(=O)O. The number of anilines is 1. The van der Waals surface area contributed by atoms with Gasteiger partial charge in [0, 0.05) is 23.7 Å². The number of halogens is 1. The lowest BCUT2D eigenvalue weighted by atomic mass is 9.96. The van der Waals surface area contributed by atoms with Crippen LogP contribution < -0.4 is 20.5 Å². The van der Waals surface area contributed by atoms with Crippen molar-refractivity contribution in [1.82, 2.24) is 4.98 Å². The smallest absolute Gasteiger partial charge is 0.336 e. The first-order chi connectivity index (χ1) is 18.9. The third-order valence-corrected chi connectivity index (χ3v) is 5.59. The van der Waals surface area contributed by atoms with Crippen LogP contribution in [0.25, 0.3) is 10.9 Å². The van der Waals surface area contributed by atoms with Crippen molar-refractivity contribution >= 4 is 34.5 Å². The predicted molar refractivity (Wildman–Crippen MR) is 147 cm³/mol. The Hall–Kier alpha value is -4.53. The first kappa shape index (κ1) is 34.5. The van der Waals surface area contributed by atoms with Crippen LogP contribution in [0, 0.1) is 5.82 Å². The fraction of sp³-hybridized carbons (Fsp3) is 0.333. The predicted octanol–water partition coefficient (Wildman–Crippen LogP) is 2.64. The van der Waals surface area contributed by atoms with E-state index in [0.29, 0.717) is 23.8 Å². The Bertz CT molecular complexity index is 1300. The number of nitrogens with one attached hydrogen (secondary N) is 1. The van der Waals surface area contributed by atoms with Crippen LogP contribution in [0.15, 0.2) is 48.7 Å². The minimum absolute atomic E-state index is 0. The maximum absolute atomic E-state index is 13.2. The summed E-state index contributed by atoms with van der Waals surface area (Å²) in [6.45, 7) is 2.78. The molecule has 1 heterocycles. The molecule has 3 rings (SSSR count). The summed E-state index contributed by atoms with van der Waals surface area (Å²) in [5.74, 6) is -3.68. The largest absolute Gasteiger partial charge is 0.493 e. The number of rotatable bonds is 13. The van der Waals surface area contributed by atoms with Crippen molar-refractivity contribution in [1.29, 1.82) is 0 Å². The first-order valence-electron chi connectivity index (χ1n) is 12.1. The van der Waals surface area contributed by atoms with E-state index in [0.717, 1.165) is 29.4 Å². The van der Waals surface area contributed by atoms with Gasteiger partial charge in [0.1, 0.15) is 11.6 Å². The van der Waals surface area contributed by atoms with Gasteiger partial charge in [0.25, 0.3) is 0 Å². The number of aliphatic hydroxyl groups is 1. The molecule has 9 N–H and O–H groups in total. The molecule has 41 heavy (non-hydrogen) atoms. The van der Waals surface area contributed by atoms with Crippen LogP contribution in [-0.2, 0) is 14.4 Å². The van der Waals surface area contributed by atoms with Crippen LogP contribution in [-0.4, -0.2) is 74.1 Å². The van der Waals surface area contributed by atoms with Gasteiger partial charge in [-0.15, -0.1) is 0 Å². The second kappa shape index (κ2) is 15.9. The number of carboxylic acids is 3. The van der Waals surface area contributed by atoms with Crippen molar-refractivity contribution < 1.29 is 54.2 Å². The highest BCUT2D eigenvalue weighted by atomic mass is 19.1. The van der Waals surface area contributed by atoms with E-state index in [9.17, 15) is 18.8 Å². The van der Waals surface area contributed by atoms with Crippen molar-refractivity contribution in [3.63, 3.8) is 0 Å².